The smallest absolute Gasteiger partial charge is 0.349 e. The number of fused-ring (bicyclic) bond motifs is 2. The van der Waals surface area contributed by atoms with Crippen LogP contribution in [0.5, 0.6) is 0 Å². The Bertz CT molecular complexity index is 1240. The molecule has 9 nitrogen and oxygen atoms in total. The van der Waals surface area contributed by atoms with E-state index in [9.17, 15) is 18.9 Å². The van der Waals surface area contributed by atoms with E-state index in [-0.39, 0.29) is 19.6 Å². The Morgan fingerprint density at radius 1 is 1.19 bits per heavy atom. The first-order valence-electron chi connectivity index (χ1n) is 9.64. The molecule has 5 rings (SSSR count). The fourth-order valence-corrected chi connectivity index (χ4v) is 5.21. The highest BCUT2D eigenvalue weighted by Crippen LogP contribution is 2.63. The number of halogens is 1. The van der Waals surface area contributed by atoms with Crippen molar-refractivity contribution in [3.8, 4) is 0 Å². The quantitative estimate of drug-likeness (QED) is 0.589. The first kappa shape index (κ1) is 20.4. The number of ether oxygens (including phenoxy) is 1. The fourth-order valence-electron chi connectivity index (χ4n) is 3.81. The lowest BCUT2D eigenvalue weighted by atomic mass is 10.1. The number of nitrogens with zero attached hydrogens (tertiary/aromatic N) is 1. The van der Waals surface area contributed by atoms with Crippen molar-refractivity contribution in [2.75, 3.05) is 6.61 Å². The van der Waals surface area contributed by atoms with Crippen LogP contribution < -0.4 is 11.2 Å². The lowest BCUT2D eigenvalue weighted by molar-refractivity contribution is -0.0828. The SMILES string of the molecule is O=c1[nH]c(=O)n([C@H]2C[C@@H]3O[P+](O)(OCc4cccc5ccccc45)OC[C@H]3O2)cc1F. The van der Waals surface area contributed by atoms with Crippen molar-refractivity contribution >= 4 is 18.9 Å². The van der Waals surface area contributed by atoms with Gasteiger partial charge in [0.05, 0.1) is 6.20 Å². The number of H-pyrrole nitrogens is 1. The normalized spacial score (nSPS) is 28.0. The van der Waals surface area contributed by atoms with Crippen LogP contribution in [0, 0.1) is 5.82 Å². The van der Waals surface area contributed by atoms with Gasteiger partial charge in [-0.25, -0.2) is 4.79 Å². The molecule has 162 valence electrons. The lowest BCUT2D eigenvalue weighted by Gasteiger charge is -2.26. The third kappa shape index (κ3) is 3.94. The molecule has 0 aliphatic carbocycles. The summed E-state index contributed by atoms with van der Waals surface area (Å²) in [7, 11) is -3.62. The van der Waals surface area contributed by atoms with Gasteiger partial charge < -0.3 is 4.74 Å². The van der Waals surface area contributed by atoms with Crippen molar-refractivity contribution in [2.45, 2.75) is 31.5 Å². The molecule has 2 aromatic carbocycles. The van der Waals surface area contributed by atoms with Gasteiger partial charge in [-0.3, -0.25) is 14.3 Å². The average molecular weight is 449 g/mol. The van der Waals surface area contributed by atoms with E-state index in [1.807, 2.05) is 47.4 Å². The molecule has 1 unspecified atom stereocenters. The van der Waals surface area contributed by atoms with Crippen LogP contribution in [0.15, 0.2) is 58.3 Å². The Labute approximate surface area is 175 Å². The minimum Gasteiger partial charge on any atom is -0.349 e. The first-order valence-corrected chi connectivity index (χ1v) is 11.1. The Balaban J connectivity index is 1.29. The van der Waals surface area contributed by atoms with E-state index in [0.29, 0.717) is 0 Å². The van der Waals surface area contributed by atoms with E-state index in [1.165, 1.54) is 0 Å². The second kappa shape index (κ2) is 7.90. The van der Waals surface area contributed by atoms with Crippen molar-refractivity contribution in [2.24, 2.45) is 0 Å². The maximum absolute atomic E-state index is 13.6. The summed E-state index contributed by atoms with van der Waals surface area (Å²) < 4.78 is 37.1. The van der Waals surface area contributed by atoms with Crippen LogP contribution in [0.4, 0.5) is 4.39 Å². The summed E-state index contributed by atoms with van der Waals surface area (Å²) in [6, 6.07) is 13.6. The van der Waals surface area contributed by atoms with Gasteiger partial charge in [-0.1, -0.05) is 42.5 Å². The van der Waals surface area contributed by atoms with Crippen molar-refractivity contribution in [3.63, 3.8) is 0 Å². The fraction of sp³-hybridized carbons (Fsp3) is 0.300. The highest BCUT2D eigenvalue weighted by atomic mass is 31.2. The topological polar surface area (TPSA) is 112 Å². The van der Waals surface area contributed by atoms with Gasteiger partial charge in [0, 0.05) is 6.42 Å². The molecule has 2 aliphatic heterocycles. The summed E-state index contributed by atoms with van der Waals surface area (Å²) in [5.41, 5.74) is -1.02. The van der Waals surface area contributed by atoms with Gasteiger partial charge in [0.15, 0.2) is 0 Å². The Morgan fingerprint density at radius 3 is 2.87 bits per heavy atom. The molecule has 0 amide bonds. The van der Waals surface area contributed by atoms with Crippen LogP contribution in [0.25, 0.3) is 10.8 Å². The molecule has 1 aromatic heterocycles. The maximum Gasteiger partial charge on any atom is 0.573 e. The highest BCUT2D eigenvalue weighted by molar-refractivity contribution is 7.55. The zero-order valence-electron chi connectivity index (χ0n) is 16.1. The molecule has 0 radical (unpaired) electrons. The first-order chi connectivity index (χ1) is 14.9. The van der Waals surface area contributed by atoms with Crippen molar-refractivity contribution in [1.82, 2.24) is 9.55 Å². The highest BCUT2D eigenvalue weighted by Gasteiger charge is 2.57. The van der Waals surface area contributed by atoms with Gasteiger partial charge >= 0.3 is 13.9 Å². The molecular weight excluding hydrogens is 430 g/mol. The predicted molar refractivity (Wildman–Crippen MR) is 109 cm³/mol. The molecule has 0 bridgehead atoms. The van der Waals surface area contributed by atoms with Crippen LogP contribution in [0.3, 0.4) is 0 Å². The average Bonchev–Trinajstić information content (AvgIpc) is 3.17. The minimum atomic E-state index is -3.62. The molecule has 0 spiro atoms. The van der Waals surface area contributed by atoms with Gasteiger partial charge in [0.2, 0.25) is 5.82 Å². The number of benzene rings is 2. The molecule has 3 heterocycles. The molecule has 2 saturated heterocycles. The zero-order chi connectivity index (χ0) is 21.6. The van der Waals surface area contributed by atoms with E-state index < -0.39 is 43.7 Å². The monoisotopic (exact) mass is 449 g/mol. The molecule has 0 saturated carbocycles. The summed E-state index contributed by atoms with van der Waals surface area (Å²) in [5.74, 6) is -1.10. The number of hydrogen-bond acceptors (Lipinski definition) is 7. The van der Waals surface area contributed by atoms with Gasteiger partial charge in [-0.2, -0.15) is 13.8 Å². The summed E-state index contributed by atoms with van der Waals surface area (Å²) in [4.78, 5) is 35.9. The molecule has 11 heteroatoms. The summed E-state index contributed by atoms with van der Waals surface area (Å²) in [6.45, 7) is 0.0689. The molecular formula is C20H19FN2O7P+. The van der Waals surface area contributed by atoms with Crippen molar-refractivity contribution < 1.29 is 27.6 Å². The second-order valence-electron chi connectivity index (χ2n) is 7.33. The lowest BCUT2D eigenvalue weighted by Crippen LogP contribution is -2.35. The van der Waals surface area contributed by atoms with E-state index in [2.05, 4.69) is 0 Å². The third-order valence-electron chi connectivity index (χ3n) is 5.35. The molecule has 2 aliphatic rings. The van der Waals surface area contributed by atoms with Gasteiger partial charge in [0.1, 0.15) is 31.6 Å². The summed E-state index contributed by atoms with van der Waals surface area (Å²) in [6.07, 6.45) is -1.12. The zero-order valence-corrected chi connectivity index (χ0v) is 17.0. The standard InChI is InChI=1S/C20H18FN2O7P/c21-15-9-23(20(25)22-19(15)24)18-8-16-17(29-18)11-28-31(26,30-16)27-10-13-6-3-5-12-4-1-2-7-14(12)13/h1-7,9,16-18,26H,8,10-11H2/p+1/t16-,17+,18+,31?/m0/s1. The Morgan fingerprint density at radius 2 is 2.00 bits per heavy atom. The molecule has 2 N–H and O–H groups in total. The van der Waals surface area contributed by atoms with Crippen LogP contribution in [-0.2, 0) is 24.9 Å². The second-order valence-corrected chi connectivity index (χ2v) is 8.99. The van der Waals surface area contributed by atoms with Crippen LogP contribution in [0.1, 0.15) is 18.2 Å². The number of nitrogens with one attached hydrogen (secondary N) is 1. The largest absolute Gasteiger partial charge is 0.573 e. The number of aromatic amines is 1. The van der Waals surface area contributed by atoms with E-state index in [4.69, 9.17) is 18.3 Å². The Kier molecular flexibility index (Phi) is 5.21. The van der Waals surface area contributed by atoms with Gasteiger partial charge in [-0.05, 0) is 16.3 Å². The predicted octanol–water partition coefficient (Wildman–Crippen LogP) is 2.42. The van der Waals surface area contributed by atoms with Crippen molar-refractivity contribution in [1.29, 1.82) is 0 Å². The molecule has 3 aromatic rings. The maximum atomic E-state index is 13.6. The molecule has 4 atom stereocenters. The van der Waals surface area contributed by atoms with E-state index in [0.717, 1.165) is 27.1 Å². The number of rotatable bonds is 4. The van der Waals surface area contributed by atoms with Crippen molar-refractivity contribution in [3.05, 3.63) is 80.9 Å². The summed E-state index contributed by atoms with van der Waals surface area (Å²) >= 11 is 0. The molecule has 2 fully saturated rings. The van der Waals surface area contributed by atoms with Crippen LogP contribution in [0.2, 0.25) is 0 Å². The summed E-state index contributed by atoms with van der Waals surface area (Å²) in [5, 5.41) is 2.04. The van der Waals surface area contributed by atoms with Crippen LogP contribution >= 0.6 is 8.17 Å². The van der Waals surface area contributed by atoms with E-state index >= 15 is 0 Å². The van der Waals surface area contributed by atoms with E-state index in [1.54, 1.807) is 0 Å². The number of hydrogen-bond donors (Lipinski definition) is 2. The number of aromatic nitrogens is 2. The minimum absolute atomic E-state index is 0.0123. The molecule has 31 heavy (non-hydrogen) atoms. The van der Waals surface area contributed by atoms with Crippen LogP contribution in [-0.4, -0.2) is 33.3 Å². The Hall–Kier alpha value is -2.46. The van der Waals surface area contributed by atoms with Gasteiger partial charge in [0.25, 0.3) is 5.56 Å². The third-order valence-corrected chi connectivity index (χ3v) is 6.82. The van der Waals surface area contributed by atoms with Gasteiger partial charge in [-0.15, -0.1) is 9.05 Å².